The van der Waals surface area contributed by atoms with E-state index in [0.717, 1.165) is 19.3 Å². The fraction of sp³-hybridized carbons (Fsp3) is 0.857. The van der Waals surface area contributed by atoms with E-state index < -0.39 is 0 Å². The molecule has 1 saturated carbocycles. The highest BCUT2D eigenvalue weighted by Gasteiger charge is 2.15. The maximum Gasteiger partial charge on any atom is 0.222 e. The molecular weight excluding hydrogens is 240 g/mol. The van der Waals surface area contributed by atoms with Gasteiger partial charge in [0.15, 0.2) is 5.96 Å². The lowest BCUT2D eigenvalue weighted by Gasteiger charge is -2.22. The number of hydrogen-bond acceptors (Lipinski definition) is 2. The fourth-order valence-electron chi connectivity index (χ4n) is 2.22. The zero-order valence-electron chi connectivity index (χ0n) is 12.2. The Morgan fingerprint density at radius 3 is 2.68 bits per heavy atom. The number of amides is 1. The summed E-state index contributed by atoms with van der Waals surface area (Å²) in [6.45, 7) is 4.59. The van der Waals surface area contributed by atoms with Crippen LogP contribution in [-0.4, -0.2) is 30.5 Å². The summed E-state index contributed by atoms with van der Waals surface area (Å²) in [5, 5.41) is 6.16. The monoisotopic (exact) mass is 268 g/mol. The van der Waals surface area contributed by atoms with Crippen LogP contribution in [0.3, 0.4) is 0 Å². The largest absolute Gasteiger partial charge is 0.370 e. The summed E-state index contributed by atoms with van der Waals surface area (Å²) in [7, 11) is 0. The van der Waals surface area contributed by atoms with Gasteiger partial charge in [0.2, 0.25) is 5.91 Å². The maximum absolute atomic E-state index is 11.7. The number of carbonyl (C=O) groups excluding carboxylic acids is 1. The third-order valence-corrected chi connectivity index (χ3v) is 3.60. The van der Waals surface area contributed by atoms with Gasteiger partial charge in [-0.25, -0.2) is 0 Å². The molecule has 0 heterocycles. The minimum Gasteiger partial charge on any atom is -0.370 e. The van der Waals surface area contributed by atoms with Crippen LogP contribution in [0.15, 0.2) is 4.99 Å². The van der Waals surface area contributed by atoms with Crippen LogP contribution in [0.5, 0.6) is 0 Å². The first-order valence-electron chi connectivity index (χ1n) is 7.47. The number of carbonyl (C=O) groups is 1. The molecule has 110 valence electrons. The quantitative estimate of drug-likeness (QED) is 0.505. The van der Waals surface area contributed by atoms with Crippen LogP contribution >= 0.6 is 0 Å². The van der Waals surface area contributed by atoms with Crippen LogP contribution in [-0.2, 0) is 4.79 Å². The van der Waals surface area contributed by atoms with E-state index >= 15 is 0 Å². The Hall–Kier alpha value is -1.26. The molecule has 5 heteroatoms. The molecule has 5 nitrogen and oxygen atoms in total. The van der Waals surface area contributed by atoms with Crippen molar-refractivity contribution in [1.29, 1.82) is 0 Å². The average Bonchev–Trinajstić information content (AvgIpc) is 2.39. The minimum atomic E-state index is 0.0898. The molecule has 0 spiro atoms. The lowest BCUT2D eigenvalue weighted by atomic mass is 9.95. The molecule has 1 aliphatic carbocycles. The number of nitrogens with one attached hydrogen (secondary N) is 2. The zero-order valence-corrected chi connectivity index (χ0v) is 12.2. The van der Waals surface area contributed by atoms with Gasteiger partial charge in [0.05, 0.1) is 6.54 Å². The summed E-state index contributed by atoms with van der Waals surface area (Å²) in [6, 6.07) is 0.695. The van der Waals surface area contributed by atoms with Gasteiger partial charge in [0.1, 0.15) is 0 Å². The highest BCUT2D eigenvalue weighted by atomic mass is 16.1. The number of nitrogens with two attached hydrogens (primary N) is 1. The van der Waals surface area contributed by atoms with E-state index in [-0.39, 0.29) is 5.91 Å². The topological polar surface area (TPSA) is 79.5 Å². The van der Waals surface area contributed by atoms with Gasteiger partial charge in [-0.2, -0.15) is 0 Å². The van der Waals surface area contributed by atoms with Gasteiger partial charge in [-0.1, -0.05) is 26.2 Å². The van der Waals surface area contributed by atoms with E-state index in [1.54, 1.807) is 0 Å². The van der Waals surface area contributed by atoms with Gasteiger partial charge in [0, 0.05) is 18.5 Å². The van der Waals surface area contributed by atoms with Gasteiger partial charge < -0.3 is 16.4 Å². The van der Waals surface area contributed by atoms with Crippen molar-refractivity contribution in [1.82, 2.24) is 10.6 Å². The van der Waals surface area contributed by atoms with Gasteiger partial charge in [-0.3, -0.25) is 9.79 Å². The lowest BCUT2D eigenvalue weighted by molar-refractivity contribution is -0.121. The smallest absolute Gasteiger partial charge is 0.222 e. The summed E-state index contributed by atoms with van der Waals surface area (Å²) in [4.78, 5) is 15.9. The van der Waals surface area contributed by atoms with Gasteiger partial charge in [0.25, 0.3) is 0 Å². The maximum atomic E-state index is 11.7. The minimum absolute atomic E-state index is 0.0898. The predicted octanol–water partition coefficient (Wildman–Crippen LogP) is 1.53. The molecule has 0 aromatic heterocycles. The first kappa shape index (κ1) is 15.8. The molecule has 0 aromatic carbocycles. The normalized spacial score (nSPS) is 18.9. The van der Waals surface area contributed by atoms with Crippen molar-refractivity contribution in [2.24, 2.45) is 10.7 Å². The van der Waals surface area contributed by atoms with Crippen molar-refractivity contribution < 1.29 is 4.79 Å². The van der Waals surface area contributed by atoms with Gasteiger partial charge >= 0.3 is 0 Å². The molecule has 19 heavy (non-hydrogen) atoms. The van der Waals surface area contributed by atoms with E-state index in [1.165, 1.54) is 19.3 Å². The Labute approximate surface area is 116 Å². The first-order valence-corrected chi connectivity index (χ1v) is 7.47. The van der Waals surface area contributed by atoms with Crippen LogP contribution < -0.4 is 16.4 Å². The van der Waals surface area contributed by atoms with E-state index in [9.17, 15) is 4.79 Å². The Balaban J connectivity index is 2.16. The second-order valence-electron chi connectivity index (χ2n) is 5.37. The van der Waals surface area contributed by atoms with Crippen LogP contribution in [0.4, 0.5) is 0 Å². The molecule has 0 radical (unpaired) electrons. The second kappa shape index (κ2) is 8.77. The lowest BCUT2D eigenvalue weighted by Crippen LogP contribution is -2.39. The standard InChI is InChI=1S/C14H28N4O/c1-3-11(2)17-14(15)16-10-9-13(19)18-12-7-5-4-6-8-12/h11-12H,3-10H2,1-2H3,(H,18,19)(H3,15,16,17). The Bertz CT molecular complexity index is 298. The van der Waals surface area contributed by atoms with E-state index in [1.807, 2.05) is 0 Å². The molecule has 1 unspecified atom stereocenters. The third kappa shape index (κ3) is 7.03. The van der Waals surface area contributed by atoms with Crippen molar-refractivity contribution in [2.75, 3.05) is 6.54 Å². The highest BCUT2D eigenvalue weighted by molar-refractivity contribution is 5.79. The summed E-state index contributed by atoms with van der Waals surface area (Å²) in [5.74, 6) is 0.520. The number of nitrogens with zero attached hydrogens (tertiary/aromatic N) is 1. The van der Waals surface area contributed by atoms with Crippen LogP contribution in [0, 0.1) is 0 Å². The number of aliphatic imine (C=N–C) groups is 1. The molecule has 1 aliphatic rings. The van der Waals surface area contributed by atoms with Crippen molar-refractivity contribution in [3.8, 4) is 0 Å². The van der Waals surface area contributed by atoms with Crippen molar-refractivity contribution >= 4 is 11.9 Å². The molecule has 1 atom stereocenters. The SMILES string of the molecule is CCC(C)NC(N)=NCCC(=O)NC1CCCCC1. The van der Waals surface area contributed by atoms with Crippen LogP contribution in [0.2, 0.25) is 0 Å². The number of hydrogen-bond donors (Lipinski definition) is 3. The molecule has 0 aliphatic heterocycles. The molecule has 1 amide bonds. The van der Waals surface area contributed by atoms with Crippen molar-refractivity contribution in [2.45, 2.75) is 70.9 Å². The zero-order chi connectivity index (χ0) is 14.1. The molecule has 0 bridgehead atoms. The van der Waals surface area contributed by atoms with E-state index in [4.69, 9.17) is 5.73 Å². The summed E-state index contributed by atoms with van der Waals surface area (Å²) < 4.78 is 0. The molecule has 4 N–H and O–H groups in total. The fourth-order valence-corrected chi connectivity index (χ4v) is 2.22. The van der Waals surface area contributed by atoms with Crippen molar-refractivity contribution in [3.63, 3.8) is 0 Å². The van der Waals surface area contributed by atoms with E-state index in [2.05, 4.69) is 29.5 Å². The molecule has 1 rings (SSSR count). The van der Waals surface area contributed by atoms with Crippen LogP contribution in [0.25, 0.3) is 0 Å². The molecule has 0 saturated heterocycles. The number of rotatable bonds is 6. The molecule has 0 aromatic rings. The van der Waals surface area contributed by atoms with Crippen molar-refractivity contribution in [3.05, 3.63) is 0 Å². The Morgan fingerprint density at radius 2 is 2.05 bits per heavy atom. The summed E-state index contributed by atoms with van der Waals surface area (Å²) in [6.07, 6.45) is 7.41. The third-order valence-electron chi connectivity index (χ3n) is 3.60. The molecular formula is C14H28N4O. The highest BCUT2D eigenvalue weighted by Crippen LogP contribution is 2.17. The Morgan fingerprint density at radius 1 is 1.37 bits per heavy atom. The predicted molar refractivity (Wildman–Crippen MR) is 79.0 cm³/mol. The first-order chi connectivity index (χ1) is 9.11. The average molecular weight is 268 g/mol. The Kier molecular flexibility index (Phi) is 7.30. The summed E-state index contributed by atoms with van der Waals surface area (Å²) in [5.41, 5.74) is 5.73. The van der Waals surface area contributed by atoms with Gasteiger partial charge in [-0.15, -0.1) is 0 Å². The van der Waals surface area contributed by atoms with Crippen LogP contribution in [0.1, 0.15) is 58.8 Å². The molecule has 1 fully saturated rings. The van der Waals surface area contributed by atoms with Gasteiger partial charge in [-0.05, 0) is 26.2 Å². The van der Waals surface area contributed by atoms with E-state index in [0.29, 0.717) is 31.0 Å². The second-order valence-corrected chi connectivity index (χ2v) is 5.37. The summed E-state index contributed by atoms with van der Waals surface area (Å²) >= 11 is 0. The number of guanidine groups is 1.